The van der Waals surface area contributed by atoms with Crippen LogP contribution in [0.3, 0.4) is 0 Å². The zero-order chi connectivity index (χ0) is 5.86. The lowest BCUT2D eigenvalue weighted by Crippen LogP contribution is -1.65. The minimum atomic E-state index is 1.00. The SMILES string of the molecule is C=C(C)[C-]=C(C)C. The third-order valence-electron chi connectivity index (χ3n) is 0.463. The van der Waals surface area contributed by atoms with Gasteiger partial charge in [-0.05, 0) is 0 Å². The summed E-state index contributed by atoms with van der Waals surface area (Å²) in [6, 6.07) is 0. The van der Waals surface area contributed by atoms with Gasteiger partial charge in [-0.2, -0.15) is 5.57 Å². The monoisotopic (exact) mass is 95.1 g/mol. The molecule has 0 aromatic heterocycles. The van der Waals surface area contributed by atoms with Gasteiger partial charge in [-0.15, -0.1) is 0 Å². The van der Waals surface area contributed by atoms with Crippen LogP contribution in [0.15, 0.2) is 17.7 Å². The molecular formula is C7H11-. The van der Waals surface area contributed by atoms with Gasteiger partial charge in [0.2, 0.25) is 0 Å². The van der Waals surface area contributed by atoms with Gasteiger partial charge in [-0.25, -0.2) is 18.2 Å². The van der Waals surface area contributed by atoms with E-state index in [4.69, 9.17) is 0 Å². The molecule has 0 N–H and O–H groups in total. The van der Waals surface area contributed by atoms with E-state index in [9.17, 15) is 0 Å². The average Bonchev–Trinajstić information content (AvgIpc) is 1.27. The third kappa shape index (κ3) is 5.48. The van der Waals surface area contributed by atoms with Crippen molar-refractivity contribution in [2.75, 3.05) is 0 Å². The Balaban J connectivity index is 3.68. The molecule has 0 heterocycles. The van der Waals surface area contributed by atoms with Crippen molar-refractivity contribution in [1.82, 2.24) is 0 Å². The Bertz CT molecular complexity index is 92.6. The molecule has 0 saturated carbocycles. The predicted molar refractivity (Wildman–Crippen MR) is 32.9 cm³/mol. The van der Waals surface area contributed by atoms with Crippen LogP contribution in [0.2, 0.25) is 0 Å². The summed E-state index contributed by atoms with van der Waals surface area (Å²) in [4.78, 5) is 0. The average molecular weight is 95.2 g/mol. The molecule has 0 spiro atoms. The van der Waals surface area contributed by atoms with Crippen molar-refractivity contribution in [3.63, 3.8) is 0 Å². The van der Waals surface area contributed by atoms with E-state index in [0.29, 0.717) is 0 Å². The number of hydrogen-bond acceptors (Lipinski definition) is 0. The second-order valence-corrected chi connectivity index (χ2v) is 1.91. The van der Waals surface area contributed by atoms with Crippen LogP contribution in [-0.2, 0) is 0 Å². The Morgan fingerprint density at radius 2 is 1.71 bits per heavy atom. The van der Waals surface area contributed by atoms with E-state index >= 15 is 0 Å². The van der Waals surface area contributed by atoms with Crippen LogP contribution in [0.4, 0.5) is 0 Å². The predicted octanol–water partition coefficient (Wildman–Crippen LogP) is 2.33. The Hall–Kier alpha value is -0.520. The first-order valence-electron chi connectivity index (χ1n) is 2.35. The maximum Gasteiger partial charge on any atom is -0.0614 e. The van der Waals surface area contributed by atoms with Gasteiger partial charge in [0.1, 0.15) is 0 Å². The van der Waals surface area contributed by atoms with E-state index in [-0.39, 0.29) is 0 Å². The molecule has 0 aliphatic carbocycles. The third-order valence-corrected chi connectivity index (χ3v) is 0.463. The molecule has 7 heavy (non-hydrogen) atoms. The quantitative estimate of drug-likeness (QED) is 0.346. The summed E-state index contributed by atoms with van der Waals surface area (Å²) in [6.07, 6.45) is 3.03. The number of allylic oxidation sites excluding steroid dienone is 3. The van der Waals surface area contributed by atoms with Crippen LogP contribution in [0.25, 0.3) is 0 Å². The highest BCUT2D eigenvalue weighted by Gasteiger charge is 1.62. The zero-order valence-corrected chi connectivity index (χ0v) is 5.21. The molecule has 40 valence electrons. The van der Waals surface area contributed by atoms with Crippen molar-refractivity contribution in [2.45, 2.75) is 20.8 Å². The Labute approximate surface area is 45.5 Å². The zero-order valence-electron chi connectivity index (χ0n) is 5.21. The summed E-state index contributed by atoms with van der Waals surface area (Å²) in [5.41, 5.74) is 2.19. The van der Waals surface area contributed by atoms with Gasteiger partial charge in [-0.1, -0.05) is 20.8 Å². The second kappa shape index (κ2) is 2.62. The molecule has 0 aromatic carbocycles. The molecule has 0 bridgehead atoms. The molecule has 0 aromatic rings. The van der Waals surface area contributed by atoms with E-state index in [1.54, 1.807) is 0 Å². The van der Waals surface area contributed by atoms with Crippen LogP contribution >= 0.6 is 0 Å². The van der Waals surface area contributed by atoms with Gasteiger partial charge in [0.25, 0.3) is 0 Å². The summed E-state index contributed by atoms with van der Waals surface area (Å²) >= 11 is 0. The van der Waals surface area contributed by atoms with Gasteiger partial charge in [0, 0.05) is 0 Å². The van der Waals surface area contributed by atoms with Gasteiger partial charge in [0.15, 0.2) is 0 Å². The fourth-order valence-corrected chi connectivity index (χ4v) is 0.427. The van der Waals surface area contributed by atoms with E-state index in [1.165, 1.54) is 5.57 Å². The summed E-state index contributed by atoms with van der Waals surface area (Å²) < 4.78 is 0. The van der Waals surface area contributed by atoms with Crippen LogP contribution in [0, 0.1) is 6.08 Å². The molecular weight excluding hydrogens is 84.1 g/mol. The number of hydrogen-bond donors (Lipinski definition) is 0. The van der Waals surface area contributed by atoms with Crippen molar-refractivity contribution in [3.8, 4) is 0 Å². The first kappa shape index (κ1) is 6.48. The number of rotatable bonds is 1. The molecule has 0 unspecified atom stereocenters. The van der Waals surface area contributed by atoms with Crippen LogP contribution in [-0.4, -0.2) is 0 Å². The fourth-order valence-electron chi connectivity index (χ4n) is 0.427. The standard InChI is InChI=1S/C7H11/c1-6(2)5-7(3)4/h1H2,2-4H3/q-1. The van der Waals surface area contributed by atoms with Crippen molar-refractivity contribution in [2.24, 2.45) is 0 Å². The van der Waals surface area contributed by atoms with E-state index < -0.39 is 0 Å². The first-order valence-corrected chi connectivity index (χ1v) is 2.35. The Kier molecular flexibility index (Phi) is 2.42. The van der Waals surface area contributed by atoms with Crippen molar-refractivity contribution in [3.05, 3.63) is 23.8 Å². The highest BCUT2D eigenvalue weighted by Crippen LogP contribution is 1.93. The highest BCUT2D eigenvalue weighted by molar-refractivity contribution is 5.07. The molecule has 0 atom stereocenters. The molecule has 0 aliphatic rings. The van der Waals surface area contributed by atoms with Crippen LogP contribution < -0.4 is 0 Å². The van der Waals surface area contributed by atoms with Crippen molar-refractivity contribution in [1.29, 1.82) is 0 Å². The van der Waals surface area contributed by atoms with E-state index in [0.717, 1.165) is 5.57 Å². The molecule has 0 aliphatic heterocycles. The summed E-state index contributed by atoms with van der Waals surface area (Å²) in [6.45, 7) is 9.62. The highest BCUT2D eigenvalue weighted by atomic mass is 13.8. The fraction of sp³-hybridized carbons (Fsp3) is 0.429. The van der Waals surface area contributed by atoms with Crippen molar-refractivity contribution >= 4 is 0 Å². The lowest BCUT2D eigenvalue weighted by Gasteiger charge is -1.97. The van der Waals surface area contributed by atoms with E-state index in [2.05, 4.69) is 12.7 Å². The molecule has 0 rings (SSSR count). The molecule has 0 nitrogen and oxygen atoms in total. The Morgan fingerprint density at radius 3 is 1.71 bits per heavy atom. The van der Waals surface area contributed by atoms with Gasteiger partial charge < -0.3 is 0 Å². The molecule has 0 heteroatoms. The maximum atomic E-state index is 3.66. The van der Waals surface area contributed by atoms with Crippen LogP contribution in [0.1, 0.15) is 20.8 Å². The minimum absolute atomic E-state index is 1.00. The van der Waals surface area contributed by atoms with Crippen molar-refractivity contribution < 1.29 is 0 Å². The largest absolute Gasteiger partial charge is 0.249 e. The minimum Gasteiger partial charge on any atom is -0.249 e. The molecule has 0 radical (unpaired) electrons. The lowest BCUT2D eigenvalue weighted by atomic mass is 10.2. The maximum absolute atomic E-state index is 3.66. The Morgan fingerprint density at radius 1 is 1.29 bits per heavy atom. The molecule has 0 amide bonds. The second-order valence-electron chi connectivity index (χ2n) is 1.91. The normalized spacial score (nSPS) is 7.86. The molecule has 0 saturated heterocycles. The molecule has 0 fully saturated rings. The van der Waals surface area contributed by atoms with Crippen LogP contribution in [0.5, 0.6) is 0 Å². The summed E-state index contributed by atoms with van der Waals surface area (Å²) in [5.74, 6) is 0. The smallest absolute Gasteiger partial charge is 0.0614 e. The summed E-state index contributed by atoms with van der Waals surface area (Å²) in [5, 5.41) is 0. The summed E-state index contributed by atoms with van der Waals surface area (Å²) in [7, 11) is 0. The topological polar surface area (TPSA) is 0 Å². The van der Waals surface area contributed by atoms with E-state index in [1.807, 2.05) is 20.8 Å². The van der Waals surface area contributed by atoms with Gasteiger partial charge in [-0.3, -0.25) is 0 Å². The first-order chi connectivity index (χ1) is 3.13. The van der Waals surface area contributed by atoms with Gasteiger partial charge >= 0.3 is 0 Å². The van der Waals surface area contributed by atoms with Gasteiger partial charge in [0.05, 0.1) is 0 Å². The lowest BCUT2D eigenvalue weighted by molar-refractivity contribution is 1.33.